The predicted molar refractivity (Wildman–Crippen MR) is 91.0 cm³/mol. The number of aromatic nitrogens is 2. The number of nitrogens with zero attached hydrogens (tertiary/aromatic N) is 2. The first-order valence-corrected chi connectivity index (χ1v) is 8.04. The van der Waals surface area contributed by atoms with Gasteiger partial charge in [-0.15, -0.1) is 0 Å². The van der Waals surface area contributed by atoms with E-state index >= 15 is 0 Å². The summed E-state index contributed by atoms with van der Waals surface area (Å²) in [5.41, 5.74) is 1.41. The number of nitrogens with one attached hydrogen (secondary N) is 1. The summed E-state index contributed by atoms with van der Waals surface area (Å²) in [6.45, 7) is -0.581. The number of carbonyl (C=O) groups is 1. The van der Waals surface area contributed by atoms with Gasteiger partial charge in [-0.2, -0.15) is 13.9 Å². The van der Waals surface area contributed by atoms with Crippen molar-refractivity contribution in [3.8, 4) is 5.75 Å². The van der Waals surface area contributed by atoms with Gasteiger partial charge in [-0.3, -0.25) is 9.48 Å². The van der Waals surface area contributed by atoms with Gasteiger partial charge in [-0.1, -0.05) is 11.6 Å². The summed E-state index contributed by atoms with van der Waals surface area (Å²) in [5.74, 6) is -0.366. The smallest absolute Gasteiger partial charge is 0.387 e. The van der Waals surface area contributed by atoms with E-state index in [2.05, 4.69) is 37.7 Å². The Morgan fingerprint density at radius 2 is 2.26 bits per heavy atom. The van der Waals surface area contributed by atoms with Crippen molar-refractivity contribution in [2.75, 3.05) is 5.32 Å². The molecule has 2 rings (SSSR count). The van der Waals surface area contributed by atoms with Crippen molar-refractivity contribution in [1.29, 1.82) is 0 Å². The van der Waals surface area contributed by atoms with Crippen molar-refractivity contribution in [3.05, 3.63) is 38.7 Å². The van der Waals surface area contributed by atoms with Gasteiger partial charge in [-0.05, 0) is 47.7 Å². The molecule has 1 heterocycles. The molecule has 0 bridgehead atoms. The number of carbonyl (C=O) groups excluding carboxylic acids is 1. The normalized spacial score (nSPS) is 10.9. The van der Waals surface area contributed by atoms with E-state index in [0.29, 0.717) is 12.2 Å². The van der Waals surface area contributed by atoms with E-state index in [1.807, 2.05) is 6.92 Å². The number of ether oxygens (including phenoxy) is 1. The third-order valence-electron chi connectivity index (χ3n) is 3.03. The second kappa shape index (κ2) is 7.91. The van der Waals surface area contributed by atoms with Crippen molar-refractivity contribution >= 4 is 45.8 Å². The van der Waals surface area contributed by atoms with Gasteiger partial charge >= 0.3 is 6.61 Å². The van der Waals surface area contributed by atoms with E-state index in [9.17, 15) is 13.6 Å². The van der Waals surface area contributed by atoms with Crippen LogP contribution in [0.4, 0.5) is 14.5 Å². The Balaban J connectivity index is 1.92. The molecule has 0 radical (unpaired) electrons. The maximum Gasteiger partial charge on any atom is 0.387 e. The fourth-order valence-corrected chi connectivity index (χ4v) is 2.48. The Labute approximate surface area is 150 Å². The van der Waals surface area contributed by atoms with Crippen LogP contribution >= 0.6 is 34.2 Å². The van der Waals surface area contributed by atoms with Gasteiger partial charge in [0.05, 0.1) is 21.3 Å². The van der Waals surface area contributed by atoms with E-state index in [1.54, 1.807) is 10.9 Å². The first kappa shape index (κ1) is 17.9. The van der Waals surface area contributed by atoms with Crippen molar-refractivity contribution in [1.82, 2.24) is 9.78 Å². The van der Waals surface area contributed by atoms with Gasteiger partial charge in [0.2, 0.25) is 5.91 Å². The summed E-state index contributed by atoms with van der Waals surface area (Å²) >= 11 is 8.00. The lowest BCUT2D eigenvalue weighted by Gasteiger charge is -2.10. The minimum atomic E-state index is -2.95. The van der Waals surface area contributed by atoms with Gasteiger partial charge in [0, 0.05) is 17.8 Å². The summed E-state index contributed by atoms with van der Waals surface area (Å²) in [4.78, 5) is 11.9. The third kappa shape index (κ3) is 5.03. The first-order chi connectivity index (χ1) is 10.9. The monoisotopic (exact) mass is 455 g/mol. The SMILES string of the molecule is Cc1c(I)cnn1CCC(=O)Nc1ccc(OC(F)F)c(Cl)c1. The molecule has 5 nitrogen and oxygen atoms in total. The molecule has 1 aromatic heterocycles. The number of benzene rings is 1. The van der Waals surface area contributed by atoms with Crippen LogP contribution in [-0.4, -0.2) is 22.3 Å². The number of halogens is 4. The predicted octanol–water partition coefficient (Wildman–Crippen LogP) is 4.08. The highest BCUT2D eigenvalue weighted by Crippen LogP contribution is 2.29. The average Bonchev–Trinajstić information content (AvgIpc) is 2.79. The highest BCUT2D eigenvalue weighted by molar-refractivity contribution is 14.1. The van der Waals surface area contributed by atoms with E-state index in [-0.39, 0.29) is 23.1 Å². The average molecular weight is 456 g/mol. The second-order valence-corrected chi connectivity index (χ2v) is 6.19. The van der Waals surface area contributed by atoms with Crippen LogP contribution in [0.15, 0.2) is 24.4 Å². The third-order valence-corrected chi connectivity index (χ3v) is 4.38. The van der Waals surface area contributed by atoms with Crippen molar-refractivity contribution < 1.29 is 18.3 Å². The van der Waals surface area contributed by atoms with Crippen LogP contribution in [0.3, 0.4) is 0 Å². The number of amides is 1. The molecule has 1 amide bonds. The fraction of sp³-hybridized carbons (Fsp3) is 0.286. The fourth-order valence-electron chi connectivity index (χ4n) is 1.85. The number of alkyl halides is 2. The lowest BCUT2D eigenvalue weighted by Crippen LogP contribution is -2.15. The Morgan fingerprint density at radius 3 is 2.83 bits per heavy atom. The van der Waals surface area contributed by atoms with Crippen LogP contribution in [0, 0.1) is 10.5 Å². The Bertz CT molecular complexity index is 709. The lowest BCUT2D eigenvalue weighted by atomic mass is 10.3. The molecule has 23 heavy (non-hydrogen) atoms. The molecular weight excluding hydrogens is 443 g/mol. The summed E-state index contributed by atoms with van der Waals surface area (Å²) in [7, 11) is 0. The minimum absolute atomic E-state index is 0.000532. The summed E-state index contributed by atoms with van der Waals surface area (Å²) in [6, 6.07) is 4.09. The molecule has 0 aliphatic rings. The zero-order valence-electron chi connectivity index (χ0n) is 12.0. The Kier molecular flexibility index (Phi) is 6.17. The van der Waals surface area contributed by atoms with Crippen LogP contribution < -0.4 is 10.1 Å². The lowest BCUT2D eigenvalue weighted by molar-refractivity contribution is -0.116. The van der Waals surface area contributed by atoms with Crippen LogP contribution in [0.1, 0.15) is 12.1 Å². The van der Waals surface area contributed by atoms with E-state index in [4.69, 9.17) is 11.6 Å². The van der Waals surface area contributed by atoms with Crippen molar-refractivity contribution in [3.63, 3.8) is 0 Å². The maximum absolute atomic E-state index is 12.1. The molecule has 0 atom stereocenters. The van der Waals surface area contributed by atoms with Crippen LogP contribution in [0.2, 0.25) is 5.02 Å². The molecule has 9 heteroatoms. The molecule has 1 N–H and O–H groups in total. The van der Waals surface area contributed by atoms with Gasteiger partial charge in [0.25, 0.3) is 0 Å². The van der Waals surface area contributed by atoms with Crippen LogP contribution in [0.25, 0.3) is 0 Å². The highest BCUT2D eigenvalue weighted by atomic mass is 127. The first-order valence-electron chi connectivity index (χ1n) is 6.59. The summed E-state index contributed by atoms with van der Waals surface area (Å²) in [6.07, 6.45) is 1.96. The molecule has 0 aliphatic carbocycles. The zero-order valence-corrected chi connectivity index (χ0v) is 14.9. The zero-order chi connectivity index (χ0) is 17.0. The molecule has 2 aromatic rings. The van der Waals surface area contributed by atoms with E-state index in [0.717, 1.165) is 9.26 Å². The standard InChI is InChI=1S/C14H13ClF2IN3O2/c1-8-11(18)7-19-21(8)5-4-13(22)20-9-2-3-12(10(15)6-9)23-14(16)17/h2-3,6-7,14H,4-5H2,1H3,(H,20,22). The van der Waals surface area contributed by atoms with Crippen molar-refractivity contribution in [2.45, 2.75) is 26.5 Å². The highest BCUT2D eigenvalue weighted by Gasteiger charge is 2.11. The van der Waals surface area contributed by atoms with Crippen LogP contribution in [-0.2, 0) is 11.3 Å². The maximum atomic E-state index is 12.1. The molecule has 0 fully saturated rings. The summed E-state index contributed by atoms with van der Waals surface area (Å²) < 4.78 is 31.3. The Morgan fingerprint density at radius 1 is 1.52 bits per heavy atom. The molecule has 1 aromatic carbocycles. The molecule has 0 unspecified atom stereocenters. The summed E-state index contributed by atoms with van der Waals surface area (Å²) in [5, 5.41) is 6.82. The molecule has 0 saturated heterocycles. The number of hydrogen-bond acceptors (Lipinski definition) is 3. The molecule has 0 aliphatic heterocycles. The molecule has 0 saturated carbocycles. The largest absolute Gasteiger partial charge is 0.433 e. The molecule has 124 valence electrons. The van der Waals surface area contributed by atoms with E-state index in [1.165, 1.54) is 18.2 Å². The van der Waals surface area contributed by atoms with Gasteiger partial charge in [0.15, 0.2) is 0 Å². The number of rotatable bonds is 6. The Hall–Kier alpha value is -1.42. The van der Waals surface area contributed by atoms with Crippen LogP contribution in [0.5, 0.6) is 5.75 Å². The van der Waals surface area contributed by atoms with Gasteiger partial charge in [-0.25, -0.2) is 0 Å². The quantitative estimate of drug-likeness (QED) is 0.668. The molecular formula is C14H13ClF2IN3O2. The minimum Gasteiger partial charge on any atom is -0.433 e. The number of anilines is 1. The van der Waals surface area contributed by atoms with Gasteiger partial charge in [0.1, 0.15) is 5.75 Å². The topological polar surface area (TPSA) is 56.2 Å². The van der Waals surface area contributed by atoms with E-state index < -0.39 is 6.61 Å². The second-order valence-electron chi connectivity index (χ2n) is 4.62. The van der Waals surface area contributed by atoms with Gasteiger partial charge < -0.3 is 10.1 Å². The van der Waals surface area contributed by atoms with Crippen molar-refractivity contribution in [2.24, 2.45) is 0 Å². The molecule has 0 spiro atoms. The number of aryl methyl sites for hydroxylation is 1. The number of hydrogen-bond donors (Lipinski definition) is 1.